The first-order valence-electron chi connectivity index (χ1n) is 11.3. The third-order valence-corrected chi connectivity index (χ3v) is 6.43. The van der Waals surface area contributed by atoms with Crippen molar-refractivity contribution in [2.24, 2.45) is 4.99 Å². The van der Waals surface area contributed by atoms with Crippen LogP contribution in [0.5, 0.6) is 0 Å². The number of rotatable bonds is 3. The summed E-state index contributed by atoms with van der Waals surface area (Å²) < 4.78 is 57.3. The summed E-state index contributed by atoms with van der Waals surface area (Å²) in [6.07, 6.45) is -3.17. The molecule has 0 aliphatic carbocycles. The topological polar surface area (TPSA) is 67.6 Å². The SMILES string of the molecule is O=C1c2ccccc2C(=O)N1Cc1cnc2n1-c1ccc(C(F)(F)F)cc1C(c1ccccc1F)=NC2. The molecule has 0 saturated heterocycles. The first-order valence-corrected chi connectivity index (χ1v) is 11.3. The zero-order valence-electron chi connectivity index (χ0n) is 19.0. The average molecular weight is 504 g/mol. The van der Waals surface area contributed by atoms with E-state index in [0.29, 0.717) is 11.5 Å². The molecule has 0 saturated carbocycles. The molecule has 0 fully saturated rings. The third kappa shape index (κ3) is 3.64. The maximum absolute atomic E-state index is 14.7. The van der Waals surface area contributed by atoms with Gasteiger partial charge >= 0.3 is 6.18 Å². The molecule has 3 heterocycles. The van der Waals surface area contributed by atoms with Crippen molar-refractivity contribution in [1.29, 1.82) is 0 Å². The lowest BCUT2D eigenvalue weighted by molar-refractivity contribution is -0.137. The van der Waals surface area contributed by atoms with E-state index in [1.54, 1.807) is 34.9 Å². The Labute approximate surface area is 207 Å². The van der Waals surface area contributed by atoms with Crippen LogP contribution in [0.2, 0.25) is 0 Å². The van der Waals surface area contributed by atoms with Crippen LogP contribution in [-0.4, -0.2) is 32.0 Å². The van der Waals surface area contributed by atoms with Crippen molar-refractivity contribution < 1.29 is 27.2 Å². The Morgan fingerprint density at radius 2 is 1.49 bits per heavy atom. The fourth-order valence-corrected chi connectivity index (χ4v) is 4.71. The van der Waals surface area contributed by atoms with Gasteiger partial charge in [0.15, 0.2) is 0 Å². The van der Waals surface area contributed by atoms with E-state index in [-0.39, 0.29) is 46.7 Å². The molecular weight excluding hydrogens is 488 g/mol. The first-order chi connectivity index (χ1) is 17.7. The molecule has 0 spiro atoms. The molecule has 1 aromatic heterocycles. The highest BCUT2D eigenvalue weighted by Gasteiger charge is 2.37. The van der Waals surface area contributed by atoms with Crippen LogP contribution in [0.15, 0.2) is 77.9 Å². The molecule has 4 aromatic rings. The van der Waals surface area contributed by atoms with Gasteiger partial charge in [0.1, 0.15) is 11.6 Å². The first kappa shape index (κ1) is 22.8. The molecule has 10 heteroatoms. The van der Waals surface area contributed by atoms with Crippen LogP contribution in [0.1, 0.15) is 48.9 Å². The van der Waals surface area contributed by atoms with E-state index in [2.05, 4.69) is 9.98 Å². The lowest BCUT2D eigenvalue weighted by Gasteiger charge is -2.19. The average Bonchev–Trinajstić information content (AvgIpc) is 3.33. The number of carbonyl (C=O) groups excluding carboxylic acids is 2. The second-order valence-electron chi connectivity index (χ2n) is 8.62. The summed E-state index contributed by atoms with van der Waals surface area (Å²) in [5, 5.41) is 0. The number of aliphatic imine (C=N–C) groups is 1. The number of halogens is 4. The quantitative estimate of drug-likeness (QED) is 0.285. The largest absolute Gasteiger partial charge is 0.416 e. The lowest BCUT2D eigenvalue weighted by Crippen LogP contribution is -2.30. The zero-order chi connectivity index (χ0) is 25.9. The zero-order valence-corrected chi connectivity index (χ0v) is 19.0. The maximum atomic E-state index is 14.7. The number of carbonyl (C=O) groups is 2. The highest BCUT2D eigenvalue weighted by Crippen LogP contribution is 2.35. The molecule has 2 amide bonds. The van der Waals surface area contributed by atoms with Gasteiger partial charge in [-0.05, 0) is 42.5 Å². The Morgan fingerprint density at radius 1 is 0.838 bits per heavy atom. The second kappa shape index (κ2) is 8.22. The molecule has 0 atom stereocenters. The van der Waals surface area contributed by atoms with E-state index in [0.717, 1.165) is 17.0 Å². The standard InChI is InChI=1S/C27H16F4N4O2/c28-21-8-4-3-7-19(21)24-20-11-15(27(29,30)31)9-10-22(20)35-16(12-32-23(35)13-33-24)14-34-25(36)17-5-1-2-6-18(17)26(34)37/h1-12H,13-14H2. The number of imide groups is 1. The number of hydrogen-bond donors (Lipinski definition) is 0. The Balaban J connectivity index is 1.49. The van der Waals surface area contributed by atoms with Crippen molar-refractivity contribution in [3.8, 4) is 5.69 Å². The number of imidazole rings is 1. The Morgan fingerprint density at radius 3 is 2.14 bits per heavy atom. The van der Waals surface area contributed by atoms with Gasteiger partial charge in [0, 0.05) is 11.1 Å². The van der Waals surface area contributed by atoms with Gasteiger partial charge in [-0.3, -0.25) is 24.0 Å². The minimum atomic E-state index is -4.64. The van der Waals surface area contributed by atoms with Crippen molar-refractivity contribution in [3.63, 3.8) is 0 Å². The molecule has 0 radical (unpaired) electrons. The summed E-state index contributed by atoms with van der Waals surface area (Å²) >= 11 is 0. The van der Waals surface area contributed by atoms with Crippen molar-refractivity contribution in [1.82, 2.24) is 14.5 Å². The summed E-state index contributed by atoms with van der Waals surface area (Å²) in [5.74, 6) is -1.20. The number of amides is 2. The van der Waals surface area contributed by atoms with Gasteiger partial charge in [0.25, 0.3) is 11.8 Å². The van der Waals surface area contributed by atoms with Crippen LogP contribution >= 0.6 is 0 Å². The predicted molar refractivity (Wildman–Crippen MR) is 125 cm³/mol. The molecule has 2 aliphatic heterocycles. The van der Waals surface area contributed by atoms with Gasteiger partial charge in [-0.2, -0.15) is 13.2 Å². The molecule has 3 aromatic carbocycles. The molecule has 0 N–H and O–H groups in total. The van der Waals surface area contributed by atoms with E-state index in [4.69, 9.17) is 0 Å². The Hall–Kier alpha value is -4.60. The van der Waals surface area contributed by atoms with Gasteiger partial charge in [0.05, 0.1) is 53.1 Å². The van der Waals surface area contributed by atoms with Gasteiger partial charge in [-0.25, -0.2) is 9.37 Å². The van der Waals surface area contributed by atoms with E-state index < -0.39 is 29.4 Å². The van der Waals surface area contributed by atoms with Gasteiger partial charge in [0.2, 0.25) is 0 Å². The van der Waals surface area contributed by atoms with Crippen LogP contribution in [0, 0.1) is 5.82 Å². The number of nitrogens with zero attached hydrogens (tertiary/aromatic N) is 4. The second-order valence-corrected chi connectivity index (χ2v) is 8.62. The fraction of sp³-hybridized carbons (Fsp3) is 0.111. The maximum Gasteiger partial charge on any atom is 0.416 e. The van der Waals surface area contributed by atoms with E-state index >= 15 is 0 Å². The van der Waals surface area contributed by atoms with E-state index in [1.807, 2.05) is 0 Å². The van der Waals surface area contributed by atoms with Gasteiger partial charge < -0.3 is 0 Å². The van der Waals surface area contributed by atoms with Crippen LogP contribution < -0.4 is 0 Å². The molecule has 0 bridgehead atoms. The van der Waals surface area contributed by atoms with Crippen molar-refractivity contribution in [3.05, 3.63) is 118 Å². The summed E-state index contributed by atoms with van der Waals surface area (Å²) in [6.45, 7) is -0.212. The van der Waals surface area contributed by atoms with Crippen LogP contribution in [0.25, 0.3) is 5.69 Å². The molecule has 6 rings (SSSR count). The highest BCUT2D eigenvalue weighted by molar-refractivity contribution is 6.21. The number of fused-ring (bicyclic) bond motifs is 4. The number of alkyl halides is 3. The van der Waals surface area contributed by atoms with E-state index in [9.17, 15) is 27.2 Å². The van der Waals surface area contributed by atoms with Crippen LogP contribution in [0.3, 0.4) is 0 Å². The molecule has 184 valence electrons. The normalized spacial score (nSPS) is 14.7. The van der Waals surface area contributed by atoms with E-state index in [1.165, 1.54) is 30.5 Å². The monoisotopic (exact) mass is 504 g/mol. The Kier molecular flexibility index (Phi) is 5.08. The molecule has 37 heavy (non-hydrogen) atoms. The lowest BCUT2D eigenvalue weighted by atomic mass is 9.97. The number of aromatic nitrogens is 2. The van der Waals surface area contributed by atoms with Crippen molar-refractivity contribution >= 4 is 17.5 Å². The molecular formula is C27H16F4N4O2. The smallest absolute Gasteiger partial charge is 0.297 e. The minimum absolute atomic E-state index is 0.0516. The molecule has 2 aliphatic rings. The molecule has 0 unspecified atom stereocenters. The minimum Gasteiger partial charge on any atom is -0.297 e. The van der Waals surface area contributed by atoms with Crippen LogP contribution in [-0.2, 0) is 19.3 Å². The summed E-state index contributed by atoms with van der Waals surface area (Å²) in [5.41, 5.74) is 0.488. The Bertz CT molecular complexity index is 1600. The van der Waals surface area contributed by atoms with Gasteiger partial charge in [-0.1, -0.05) is 24.3 Å². The third-order valence-electron chi connectivity index (χ3n) is 6.43. The van der Waals surface area contributed by atoms with Crippen molar-refractivity contribution in [2.75, 3.05) is 0 Å². The number of hydrogen-bond acceptors (Lipinski definition) is 4. The summed E-state index contributed by atoms with van der Waals surface area (Å²) in [6, 6.07) is 15.3. The molecule has 6 nitrogen and oxygen atoms in total. The fourth-order valence-electron chi connectivity index (χ4n) is 4.71. The summed E-state index contributed by atoms with van der Waals surface area (Å²) in [4.78, 5) is 35.7. The predicted octanol–water partition coefficient (Wildman–Crippen LogP) is 5.18. The van der Waals surface area contributed by atoms with Crippen LogP contribution in [0.4, 0.5) is 17.6 Å². The summed E-state index contributed by atoms with van der Waals surface area (Å²) in [7, 11) is 0. The van der Waals surface area contributed by atoms with Gasteiger partial charge in [-0.15, -0.1) is 0 Å². The van der Waals surface area contributed by atoms with Crippen molar-refractivity contribution in [2.45, 2.75) is 19.3 Å². The number of benzene rings is 3. The highest BCUT2D eigenvalue weighted by atomic mass is 19.4.